The molecule has 0 aliphatic carbocycles. The van der Waals surface area contributed by atoms with Gasteiger partial charge in [0.15, 0.2) is 0 Å². The minimum absolute atomic E-state index is 0.184. The highest BCUT2D eigenvalue weighted by Crippen LogP contribution is 2.25. The van der Waals surface area contributed by atoms with E-state index in [9.17, 15) is 13.2 Å². The molecule has 0 aliphatic rings. The summed E-state index contributed by atoms with van der Waals surface area (Å²) < 4.78 is 40.4. The van der Waals surface area contributed by atoms with E-state index in [4.69, 9.17) is 5.73 Å². The van der Waals surface area contributed by atoms with Gasteiger partial charge in [-0.05, 0) is 29.8 Å². The van der Waals surface area contributed by atoms with Crippen molar-refractivity contribution in [2.75, 3.05) is 0 Å². The molecule has 0 amide bonds. The zero-order chi connectivity index (χ0) is 13.3. The molecular formula is C13H9BrF3N. The summed E-state index contributed by atoms with van der Waals surface area (Å²) >= 11 is 3.12. The summed E-state index contributed by atoms with van der Waals surface area (Å²) in [6.07, 6.45) is 0. The summed E-state index contributed by atoms with van der Waals surface area (Å²) in [6, 6.07) is 6.37. The second-order valence-electron chi connectivity index (χ2n) is 3.85. The minimum Gasteiger partial charge on any atom is -0.320 e. The SMILES string of the molecule is NC(c1cc(F)cc(F)c1)c1ccc(Br)cc1F. The maximum Gasteiger partial charge on any atom is 0.129 e. The van der Waals surface area contributed by atoms with Gasteiger partial charge in [-0.3, -0.25) is 0 Å². The average Bonchev–Trinajstić information content (AvgIpc) is 2.26. The van der Waals surface area contributed by atoms with Crippen LogP contribution >= 0.6 is 15.9 Å². The summed E-state index contributed by atoms with van der Waals surface area (Å²) in [5, 5.41) is 0. The quantitative estimate of drug-likeness (QED) is 0.893. The van der Waals surface area contributed by atoms with E-state index >= 15 is 0 Å². The van der Waals surface area contributed by atoms with Crippen LogP contribution in [0.25, 0.3) is 0 Å². The molecule has 0 aromatic heterocycles. The summed E-state index contributed by atoms with van der Waals surface area (Å²) in [6.45, 7) is 0. The third-order valence-corrected chi connectivity index (χ3v) is 3.03. The van der Waals surface area contributed by atoms with Crippen LogP contribution in [0.2, 0.25) is 0 Å². The van der Waals surface area contributed by atoms with Crippen LogP contribution in [0, 0.1) is 17.5 Å². The van der Waals surface area contributed by atoms with E-state index in [1.165, 1.54) is 12.1 Å². The molecule has 2 rings (SSSR count). The lowest BCUT2D eigenvalue weighted by atomic mass is 9.99. The molecule has 2 aromatic rings. The van der Waals surface area contributed by atoms with Crippen molar-refractivity contribution in [3.63, 3.8) is 0 Å². The zero-order valence-electron chi connectivity index (χ0n) is 9.13. The molecule has 2 aromatic carbocycles. The molecule has 1 nitrogen and oxygen atoms in total. The number of hydrogen-bond donors (Lipinski definition) is 1. The Morgan fingerprint density at radius 1 is 0.944 bits per heavy atom. The lowest BCUT2D eigenvalue weighted by Gasteiger charge is -2.14. The molecule has 2 N–H and O–H groups in total. The van der Waals surface area contributed by atoms with Crippen molar-refractivity contribution < 1.29 is 13.2 Å². The summed E-state index contributed by atoms with van der Waals surface area (Å²) in [4.78, 5) is 0. The molecular weight excluding hydrogens is 307 g/mol. The van der Waals surface area contributed by atoms with E-state index in [1.54, 1.807) is 6.07 Å². The molecule has 0 saturated carbocycles. The van der Waals surface area contributed by atoms with Gasteiger partial charge in [0.25, 0.3) is 0 Å². The predicted octanol–water partition coefficient (Wildman–Crippen LogP) is 3.91. The van der Waals surface area contributed by atoms with Crippen molar-refractivity contribution in [1.29, 1.82) is 0 Å². The molecule has 0 bridgehead atoms. The smallest absolute Gasteiger partial charge is 0.129 e. The Kier molecular flexibility index (Phi) is 3.73. The maximum absolute atomic E-state index is 13.7. The highest BCUT2D eigenvalue weighted by Gasteiger charge is 2.15. The van der Waals surface area contributed by atoms with Gasteiger partial charge in [0, 0.05) is 16.1 Å². The van der Waals surface area contributed by atoms with Gasteiger partial charge in [-0.2, -0.15) is 0 Å². The van der Waals surface area contributed by atoms with Crippen molar-refractivity contribution in [2.45, 2.75) is 6.04 Å². The van der Waals surface area contributed by atoms with E-state index in [2.05, 4.69) is 15.9 Å². The van der Waals surface area contributed by atoms with Gasteiger partial charge in [-0.15, -0.1) is 0 Å². The number of benzene rings is 2. The molecule has 0 aliphatic heterocycles. The highest BCUT2D eigenvalue weighted by atomic mass is 79.9. The fraction of sp³-hybridized carbons (Fsp3) is 0.0769. The van der Waals surface area contributed by atoms with Crippen molar-refractivity contribution in [2.24, 2.45) is 5.73 Å². The molecule has 0 saturated heterocycles. The Morgan fingerprint density at radius 3 is 2.11 bits per heavy atom. The molecule has 0 heterocycles. The first-order valence-corrected chi connectivity index (χ1v) is 5.93. The van der Waals surface area contributed by atoms with Gasteiger partial charge in [0.1, 0.15) is 17.5 Å². The van der Waals surface area contributed by atoms with Gasteiger partial charge in [0.2, 0.25) is 0 Å². The van der Waals surface area contributed by atoms with Crippen LogP contribution in [-0.2, 0) is 0 Å². The Hall–Kier alpha value is -1.33. The largest absolute Gasteiger partial charge is 0.320 e. The van der Waals surface area contributed by atoms with Gasteiger partial charge in [-0.25, -0.2) is 13.2 Å². The van der Waals surface area contributed by atoms with Crippen LogP contribution in [-0.4, -0.2) is 0 Å². The van der Waals surface area contributed by atoms with Crippen LogP contribution in [0.5, 0.6) is 0 Å². The third-order valence-electron chi connectivity index (χ3n) is 2.54. The molecule has 0 spiro atoms. The van der Waals surface area contributed by atoms with Crippen LogP contribution in [0.3, 0.4) is 0 Å². The summed E-state index contributed by atoms with van der Waals surface area (Å²) in [5.74, 6) is -2.00. The minimum atomic E-state index is -0.914. The van der Waals surface area contributed by atoms with Gasteiger partial charge < -0.3 is 5.73 Å². The molecule has 0 radical (unpaired) electrons. The lowest BCUT2D eigenvalue weighted by Crippen LogP contribution is -2.14. The zero-order valence-corrected chi connectivity index (χ0v) is 10.7. The van der Waals surface area contributed by atoms with E-state index < -0.39 is 23.5 Å². The topological polar surface area (TPSA) is 26.0 Å². The lowest BCUT2D eigenvalue weighted by molar-refractivity contribution is 0.571. The first kappa shape index (κ1) is 13.1. The molecule has 0 fully saturated rings. The molecule has 1 atom stereocenters. The number of hydrogen-bond acceptors (Lipinski definition) is 1. The van der Waals surface area contributed by atoms with Crippen molar-refractivity contribution in [3.05, 3.63) is 69.4 Å². The number of rotatable bonds is 2. The number of nitrogens with two attached hydrogens (primary N) is 1. The maximum atomic E-state index is 13.7. The monoisotopic (exact) mass is 315 g/mol. The second kappa shape index (κ2) is 5.12. The van der Waals surface area contributed by atoms with Crippen LogP contribution in [0.15, 0.2) is 40.9 Å². The normalized spacial score (nSPS) is 12.5. The predicted molar refractivity (Wildman–Crippen MR) is 66.5 cm³/mol. The Bertz CT molecular complexity index is 566. The van der Waals surface area contributed by atoms with Gasteiger partial charge >= 0.3 is 0 Å². The number of halogens is 4. The summed E-state index contributed by atoms with van der Waals surface area (Å²) in [5.41, 5.74) is 6.19. The van der Waals surface area contributed by atoms with Crippen LogP contribution < -0.4 is 5.73 Å². The molecule has 94 valence electrons. The summed E-state index contributed by atoms with van der Waals surface area (Å²) in [7, 11) is 0. The first-order chi connectivity index (χ1) is 8.47. The fourth-order valence-electron chi connectivity index (χ4n) is 1.69. The van der Waals surface area contributed by atoms with Crippen LogP contribution in [0.1, 0.15) is 17.2 Å². The van der Waals surface area contributed by atoms with E-state index in [-0.39, 0.29) is 11.1 Å². The van der Waals surface area contributed by atoms with Crippen molar-refractivity contribution in [3.8, 4) is 0 Å². The molecule has 1 unspecified atom stereocenters. The average molecular weight is 316 g/mol. The highest BCUT2D eigenvalue weighted by molar-refractivity contribution is 9.10. The Labute approximate surface area is 111 Å². The first-order valence-electron chi connectivity index (χ1n) is 5.14. The van der Waals surface area contributed by atoms with Crippen molar-refractivity contribution in [1.82, 2.24) is 0 Å². The third kappa shape index (κ3) is 2.73. The van der Waals surface area contributed by atoms with Gasteiger partial charge in [0.05, 0.1) is 6.04 Å². The standard InChI is InChI=1S/C13H9BrF3N/c14-8-1-2-11(12(17)5-8)13(18)7-3-9(15)6-10(16)4-7/h1-6,13H,18H2. The Morgan fingerprint density at radius 2 is 1.56 bits per heavy atom. The second-order valence-corrected chi connectivity index (χ2v) is 4.76. The van der Waals surface area contributed by atoms with E-state index in [0.29, 0.717) is 4.47 Å². The Balaban J connectivity index is 2.44. The fourth-order valence-corrected chi connectivity index (χ4v) is 2.02. The molecule has 18 heavy (non-hydrogen) atoms. The van der Waals surface area contributed by atoms with Crippen LogP contribution in [0.4, 0.5) is 13.2 Å². The van der Waals surface area contributed by atoms with E-state index in [1.807, 2.05) is 0 Å². The van der Waals surface area contributed by atoms with Gasteiger partial charge in [-0.1, -0.05) is 22.0 Å². The van der Waals surface area contributed by atoms with E-state index in [0.717, 1.165) is 18.2 Å². The molecule has 5 heteroatoms. The van der Waals surface area contributed by atoms with Crippen molar-refractivity contribution >= 4 is 15.9 Å².